The first-order chi connectivity index (χ1) is 21.6. The summed E-state index contributed by atoms with van der Waals surface area (Å²) in [5.41, 5.74) is 0.184. The maximum atomic E-state index is 14.4. The number of anilines is 1. The van der Waals surface area contributed by atoms with E-state index in [-0.39, 0.29) is 54.0 Å². The highest BCUT2D eigenvalue weighted by molar-refractivity contribution is 6.06. The number of amides is 3. The molecule has 13 heteroatoms. The number of carbonyl (C=O) groups excluding carboxylic acids is 3. The minimum Gasteiger partial charge on any atom is -0.381 e. The zero-order chi connectivity index (χ0) is 31.6. The van der Waals surface area contributed by atoms with E-state index in [9.17, 15) is 32.8 Å². The van der Waals surface area contributed by atoms with Crippen molar-refractivity contribution in [2.45, 2.75) is 88.1 Å². The van der Waals surface area contributed by atoms with Gasteiger partial charge in [0.2, 0.25) is 5.91 Å². The molecule has 3 aliphatic heterocycles. The summed E-state index contributed by atoms with van der Waals surface area (Å²) >= 11 is 0. The summed E-state index contributed by atoms with van der Waals surface area (Å²) in [6, 6.07) is 5.24. The number of aromatic nitrogens is 2. The van der Waals surface area contributed by atoms with Crippen molar-refractivity contribution in [1.82, 2.24) is 20.0 Å². The van der Waals surface area contributed by atoms with Gasteiger partial charge in [-0.1, -0.05) is 18.2 Å². The number of nitrogens with zero attached hydrogens (tertiary/aromatic N) is 5. The number of fused-ring (bicyclic) bond motifs is 2. The van der Waals surface area contributed by atoms with Crippen LogP contribution in [-0.4, -0.2) is 70.3 Å². The van der Waals surface area contributed by atoms with Gasteiger partial charge in [0.05, 0.1) is 24.1 Å². The Bertz CT molecular complexity index is 1570. The zero-order valence-corrected chi connectivity index (χ0v) is 24.9. The van der Waals surface area contributed by atoms with Crippen molar-refractivity contribution in [3.63, 3.8) is 0 Å². The van der Waals surface area contributed by atoms with Crippen LogP contribution in [0, 0.1) is 23.2 Å². The summed E-state index contributed by atoms with van der Waals surface area (Å²) in [7, 11) is 0. The molecule has 2 aromatic rings. The first kappa shape index (κ1) is 29.8. The number of carbonyl (C=O) groups is 3. The molecule has 4 heterocycles. The van der Waals surface area contributed by atoms with Gasteiger partial charge in [-0.15, -0.1) is 0 Å². The van der Waals surface area contributed by atoms with Crippen molar-refractivity contribution in [3.05, 3.63) is 46.6 Å². The number of piperidine rings is 1. The maximum absolute atomic E-state index is 14.4. The minimum absolute atomic E-state index is 0.000803. The number of hydrogen-bond donors (Lipinski definition) is 1. The smallest absolute Gasteiger partial charge is 0.381 e. The molecule has 1 aromatic carbocycles. The molecule has 238 valence electrons. The fourth-order valence-corrected chi connectivity index (χ4v) is 7.62. The summed E-state index contributed by atoms with van der Waals surface area (Å²) in [6.45, 7) is 3.13. The lowest BCUT2D eigenvalue weighted by molar-refractivity contribution is -0.137. The van der Waals surface area contributed by atoms with E-state index in [1.165, 1.54) is 12.1 Å². The number of hydrogen-bond acceptors (Lipinski definition) is 6. The Kier molecular flexibility index (Phi) is 7.38. The average molecular weight is 625 g/mol. The summed E-state index contributed by atoms with van der Waals surface area (Å²) < 4.78 is 47.3. The number of nitrogens with one attached hydrogen (secondary N) is 1. The molecule has 1 aromatic heterocycles. The van der Waals surface area contributed by atoms with E-state index < -0.39 is 35.6 Å². The average Bonchev–Trinajstić information content (AvgIpc) is 3.94. The molecule has 5 atom stereocenters. The van der Waals surface area contributed by atoms with E-state index in [4.69, 9.17) is 9.84 Å². The Morgan fingerprint density at radius 3 is 2.56 bits per heavy atom. The van der Waals surface area contributed by atoms with Gasteiger partial charge in [-0.05, 0) is 68.9 Å². The van der Waals surface area contributed by atoms with Crippen LogP contribution in [0.4, 0.5) is 19.0 Å². The summed E-state index contributed by atoms with van der Waals surface area (Å²) in [4.78, 5) is 45.2. The molecule has 45 heavy (non-hydrogen) atoms. The van der Waals surface area contributed by atoms with E-state index in [2.05, 4.69) is 11.4 Å². The fraction of sp³-hybridized carbons (Fsp3) is 0.594. The second kappa shape index (κ2) is 11.2. The molecule has 2 saturated heterocycles. The molecule has 0 spiro atoms. The summed E-state index contributed by atoms with van der Waals surface area (Å²) in [5, 5.41) is 17.7. The van der Waals surface area contributed by atoms with Crippen LogP contribution in [0.3, 0.4) is 0 Å². The predicted octanol–water partition coefficient (Wildman–Crippen LogP) is 3.97. The second-order valence-corrected chi connectivity index (χ2v) is 12.9. The summed E-state index contributed by atoms with van der Waals surface area (Å²) in [6.07, 6.45) is -0.472. The highest BCUT2D eigenvalue weighted by Gasteiger charge is 2.57. The third-order valence-electron chi connectivity index (χ3n) is 10.0. The van der Waals surface area contributed by atoms with E-state index in [1.807, 2.05) is 11.6 Å². The first-order valence-corrected chi connectivity index (χ1v) is 15.8. The standard InChI is InChI=1S/C32H35F3N6O4/c1-2-39-29-26(28(38-41(29)21-8-10-45-11-9-21)31(44)40-22(16-36)14-19-15-23(19)40)25(18-6-7-18)27(30(39)43)37-24(42)13-17-4-3-5-20(12-17)32(33,34)35/h3-5,12,18-19,21-23,25,27H,2,6-11,13-15H2,1H3,(H,37,42)/t19-,22-,23+,25-,27-/m0/s1. The van der Waals surface area contributed by atoms with E-state index >= 15 is 0 Å². The number of likely N-dealkylation sites (N-methyl/N-ethyl adjacent to an activating group) is 1. The largest absolute Gasteiger partial charge is 0.416 e. The molecule has 0 unspecified atom stereocenters. The second-order valence-electron chi connectivity index (χ2n) is 12.9. The number of ether oxygens (including phenoxy) is 1. The van der Waals surface area contributed by atoms with Gasteiger partial charge in [-0.2, -0.15) is 23.5 Å². The topological polar surface area (TPSA) is 121 Å². The van der Waals surface area contributed by atoms with Gasteiger partial charge < -0.3 is 15.0 Å². The molecule has 10 nitrogen and oxygen atoms in total. The van der Waals surface area contributed by atoms with Crippen molar-refractivity contribution in [2.24, 2.45) is 11.8 Å². The lowest BCUT2D eigenvalue weighted by Crippen LogP contribution is -2.56. The molecular weight excluding hydrogens is 589 g/mol. The highest BCUT2D eigenvalue weighted by atomic mass is 19.4. The van der Waals surface area contributed by atoms with Gasteiger partial charge in [-0.3, -0.25) is 19.3 Å². The minimum atomic E-state index is -4.55. The van der Waals surface area contributed by atoms with Crippen LogP contribution in [0.5, 0.6) is 0 Å². The monoisotopic (exact) mass is 624 g/mol. The number of likely N-dealkylation sites (tertiary alicyclic amines) is 1. The van der Waals surface area contributed by atoms with Gasteiger partial charge in [0.25, 0.3) is 11.8 Å². The van der Waals surface area contributed by atoms with Crippen molar-refractivity contribution in [2.75, 3.05) is 24.7 Å². The van der Waals surface area contributed by atoms with Gasteiger partial charge in [0.1, 0.15) is 17.9 Å². The molecule has 5 aliphatic rings. The number of benzene rings is 1. The van der Waals surface area contributed by atoms with Crippen LogP contribution < -0.4 is 10.2 Å². The molecule has 1 N–H and O–H groups in total. The van der Waals surface area contributed by atoms with Crippen LogP contribution in [0.25, 0.3) is 0 Å². The zero-order valence-electron chi connectivity index (χ0n) is 24.9. The Hall–Kier alpha value is -3.92. The lowest BCUT2D eigenvalue weighted by Gasteiger charge is -2.39. The predicted molar refractivity (Wildman–Crippen MR) is 154 cm³/mol. The van der Waals surface area contributed by atoms with Gasteiger partial charge in [0.15, 0.2) is 5.69 Å². The van der Waals surface area contributed by atoms with Crippen LogP contribution in [0.1, 0.15) is 84.6 Å². The SMILES string of the molecule is CCN1C(=O)[C@@H](NC(=O)Cc2cccc(C(F)(F)F)c2)[C@@H](C2CC2)c2c(C(=O)N3[C@H](C#N)C[C@H]4C[C@H]43)nn(C3CCOCC3)c21. The highest BCUT2D eigenvalue weighted by Crippen LogP contribution is 2.53. The number of alkyl halides is 3. The van der Waals surface area contributed by atoms with Crippen molar-refractivity contribution in [1.29, 1.82) is 5.26 Å². The molecule has 2 aliphatic carbocycles. The van der Waals surface area contributed by atoms with Crippen molar-refractivity contribution < 1.29 is 32.3 Å². The van der Waals surface area contributed by atoms with Crippen LogP contribution >= 0.6 is 0 Å². The maximum Gasteiger partial charge on any atom is 0.416 e. The van der Waals surface area contributed by atoms with Crippen LogP contribution in [-0.2, 0) is 26.9 Å². The molecule has 3 amide bonds. The van der Waals surface area contributed by atoms with Gasteiger partial charge in [-0.25, -0.2) is 4.68 Å². The number of rotatable bonds is 7. The van der Waals surface area contributed by atoms with Gasteiger partial charge >= 0.3 is 6.18 Å². The van der Waals surface area contributed by atoms with E-state index in [0.717, 1.165) is 31.4 Å². The Morgan fingerprint density at radius 2 is 1.89 bits per heavy atom. The lowest BCUT2D eigenvalue weighted by atomic mass is 9.82. The first-order valence-electron chi connectivity index (χ1n) is 15.8. The quantitative estimate of drug-likeness (QED) is 0.498. The van der Waals surface area contributed by atoms with E-state index in [0.29, 0.717) is 49.8 Å². The van der Waals surface area contributed by atoms with Crippen LogP contribution in [0.15, 0.2) is 24.3 Å². The van der Waals surface area contributed by atoms with Crippen molar-refractivity contribution >= 4 is 23.5 Å². The molecular formula is C32H35F3N6O4. The third-order valence-corrected chi connectivity index (χ3v) is 10.0. The van der Waals surface area contributed by atoms with Crippen molar-refractivity contribution in [3.8, 4) is 6.07 Å². The molecule has 2 saturated carbocycles. The van der Waals surface area contributed by atoms with Gasteiger partial charge in [0, 0.05) is 37.3 Å². The van der Waals surface area contributed by atoms with Crippen LogP contribution in [0.2, 0.25) is 0 Å². The van der Waals surface area contributed by atoms with E-state index in [1.54, 1.807) is 9.80 Å². The molecule has 4 fully saturated rings. The third kappa shape index (κ3) is 5.26. The number of nitriles is 1. The molecule has 0 radical (unpaired) electrons. The molecule has 0 bridgehead atoms. The summed E-state index contributed by atoms with van der Waals surface area (Å²) in [5.74, 6) is -0.869. The number of halogens is 3. The Morgan fingerprint density at radius 1 is 1.13 bits per heavy atom. The normalized spacial score (nSPS) is 28.0. The fourth-order valence-electron chi connectivity index (χ4n) is 7.62. The molecule has 7 rings (SSSR count). The Balaban J connectivity index is 1.28. The Labute approximate surface area is 258 Å².